The molecule has 0 radical (unpaired) electrons. The number of benzene rings is 2. The Labute approximate surface area is 129 Å². The van der Waals surface area contributed by atoms with E-state index < -0.39 is 5.97 Å². The van der Waals surface area contributed by atoms with E-state index >= 15 is 0 Å². The van der Waals surface area contributed by atoms with Gasteiger partial charge in [0.05, 0.1) is 7.11 Å². The first-order valence-electron chi connectivity index (χ1n) is 6.86. The Hall–Kier alpha value is -2.75. The van der Waals surface area contributed by atoms with Gasteiger partial charge in [-0.1, -0.05) is 36.4 Å². The number of hydrogen-bond donors (Lipinski definition) is 1. The van der Waals surface area contributed by atoms with Gasteiger partial charge in [-0.3, -0.25) is 0 Å². The molecule has 2 aromatic rings. The molecule has 0 saturated heterocycles. The lowest BCUT2D eigenvalue weighted by atomic mass is 10.1. The molecule has 0 heterocycles. The van der Waals surface area contributed by atoms with Crippen LogP contribution in [0.1, 0.15) is 18.1 Å². The number of methoxy groups -OCH3 is 1. The van der Waals surface area contributed by atoms with Crippen LogP contribution >= 0.6 is 0 Å². The standard InChI is InChI=1S/C18H18O4/c1-13(18(19)20)10-15-8-9-16(17(11-15)21-2)22-12-14-6-4-3-5-7-14/h3-11H,12H2,1-2H3,(H,19,20)/b13-10+. The Balaban J connectivity index is 2.16. The van der Waals surface area contributed by atoms with E-state index in [9.17, 15) is 4.79 Å². The van der Waals surface area contributed by atoms with E-state index in [-0.39, 0.29) is 5.57 Å². The maximum absolute atomic E-state index is 10.9. The molecule has 2 aromatic carbocycles. The van der Waals surface area contributed by atoms with Crippen LogP contribution < -0.4 is 9.47 Å². The molecule has 1 N–H and O–H groups in total. The lowest BCUT2D eigenvalue weighted by Gasteiger charge is -2.11. The van der Waals surface area contributed by atoms with Gasteiger partial charge in [-0.05, 0) is 36.3 Å². The fraction of sp³-hybridized carbons (Fsp3) is 0.167. The molecule has 0 saturated carbocycles. The minimum atomic E-state index is -0.941. The molecule has 0 spiro atoms. The maximum Gasteiger partial charge on any atom is 0.331 e. The van der Waals surface area contributed by atoms with Gasteiger partial charge in [-0.25, -0.2) is 4.79 Å². The fourth-order valence-corrected chi connectivity index (χ4v) is 1.94. The largest absolute Gasteiger partial charge is 0.493 e. The molecule has 0 atom stereocenters. The van der Waals surface area contributed by atoms with Crippen LogP contribution in [0.25, 0.3) is 6.08 Å². The summed E-state index contributed by atoms with van der Waals surface area (Å²) in [6, 6.07) is 15.2. The highest BCUT2D eigenvalue weighted by molar-refractivity contribution is 5.91. The predicted molar refractivity (Wildman–Crippen MR) is 85.1 cm³/mol. The second kappa shape index (κ2) is 7.31. The van der Waals surface area contributed by atoms with Gasteiger partial charge in [0.2, 0.25) is 0 Å². The molecule has 0 aliphatic carbocycles. The van der Waals surface area contributed by atoms with Crippen molar-refractivity contribution in [2.75, 3.05) is 7.11 Å². The van der Waals surface area contributed by atoms with Gasteiger partial charge in [0, 0.05) is 5.57 Å². The summed E-state index contributed by atoms with van der Waals surface area (Å²) in [6.07, 6.45) is 1.59. The molecule has 114 valence electrons. The first kappa shape index (κ1) is 15.6. The second-order valence-electron chi connectivity index (χ2n) is 4.82. The second-order valence-corrected chi connectivity index (χ2v) is 4.82. The number of aliphatic carboxylic acids is 1. The summed E-state index contributed by atoms with van der Waals surface area (Å²) in [7, 11) is 1.56. The summed E-state index contributed by atoms with van der Waals surface area (Å²) >= 11 is 0. The van der Waals surface area contributed by atoms with Gasteiger partial charge in [0.25, 0.3) is 0 Å². The van der Waals surface area contributed by atoms with Crippen LogP contribution in [0.4, 0.5) is 0 Å². The third-order valence-corrected chi connectivity index (χ3v) is 3.15. The number of rotatable bonds is 6. The molecule has 4 heteroatoms. The van der Waals surface area contributed by atoms with Gasteiger partial charge in [-0.15, -0.1) is 0 Å². The molecule has 0 aliphatic rings. The number of ether oxygens (including phenoxy) is 2. The van der Waals surface area contributed by atoms with Crippen LogP contribution in [-0.2, 0) is 11.4 Å². The maximum atomic E-state index is 10.9. The third-order valence-electron chi connectivity index (χ3n) is 3.15. The molecule has 0 fully saturated rings. The zero-order valence-electron chi connectivity index (χ0n) is 12.6. The summed E-state index contributed by atoms with van der Waals surface area (Å²) < 4.78 is 11.1. The van der Waals surface area contributed by atoms with Crippen LogP contribution in [0.2, 0.25) is 0 Å². The lowest BCUT2D eigenvalue weighted by Crippen LogP contribution is -1.98. The van der Waals surface area contributed by atoms with Crippen molar-refractivity contribution in [2.45, 2.75) is 13.5 Å². The quantitative estimate of drug-likeness (QED) is 0.825. The number of carboxylic acids is 1. The smallest absolute Gasteiger partial charge is 0.331 e. The van der Waals surface area contributed by atoms with Gasteiger partial charge in [0.15, 0.2) is 11.5 Å². The van der Waals surface area contributed by atoms with Crippen molar-refractivity contribution in [2.24, 2.45) is 0 Å². The fourth-order valence-electron chi connectivity index (χ4n) is 1.94. The van der Waals surface area contributed by atoms with E-state index in [1.807, 2.05) is 30.3 Å². The molecular formula is C18H18O4. The Morgan fingerprint density at radius 1 is 1.14 bits per heavy atom. The van der Waals surface area contributed by atoms with Crippen LogP contribution in [0.15, 0.2) is 54.1 Å². The van der Waals surface area contributed by atoms with Crippen molar-refractivity contribution < 1.29 is 19.4 Å². The summed E-state index contributed by atoms with van der Waals surface area (Å²) in [6.45, 7) is 2.00. The van der Waals surface area contributed by atoms with Gasteiger partial charge >= 0.3 is 5.97 Å². The van der Waals surface area contributed by atoms with E-state index in [1.54, 1.807) is 38.3 Å². The van der Waals surface area contributed by atoms with Crippen molar-refractivity contribution in [3.8, 4) is 11.5 Å². The SMILES string of the molecule is COc1cc(/C=C(\C)C(=O)O)ccc1OCc1ccccc1. The molecule has 22 heavy (non-hydrogen) atoms. The Bertz CT molecular complexity index is 675. The van der Waals surface area contributed by atoms with Crippen LogP contribution in [-0.4, -0.2) is 18.2 Å². The first-order chi connectivity index (χ1) is 10.6. The average Bonchev–Trinajstić information content (AvgIpc) is 2.54. The van der Waals surface area contributed by atoms with E-state index in [4.69, 9.17) is 14.6 Å². The first-order valence-corrected chi connectivity index (χ1v) is 6.86. The number of hydrogen-bond acceptors (Lipinski definition) is 3. The van der Waals surface area contributed by atoms with Gasteiger partial charge in [-0.2, -0.15) is 0 Å². The molecule has 4 nitrogen and oxygen atoms in total. The van der Waals surface area contributed by atoms with Crippen molar-refractivity contribution in [3.05, 3.63) is 65.2 Å². The highest BCUT2D eigenvalue weighted by Crippen LogP contribution is 2.29. The molecule has 2 rings (SSSR count). The number of carbonyl (C=O) groups is 1. The highest BCUT2D eigenvalue weighted by Gasteiger charge is 2.07. The minimum Gasteiger partial charge on any atom is -0.493 e. The van der Waals surface area contributed by atoms with Crippen molar-refractivity contribution in [1.82, 2.24) is 0 Å². The highest BCUT2D eigenvalue weighted by atomic mass is 16.5. The van der Waals surface area contributed by atoms with E-state index in [0.717, 1.165) is 11.1 Å². The third kappa shape index (κ3) is 4.12. The van der Waals surface area contributed by atoms with Crippen LogP contribution in [0, 0.1) is 0 Å². The molecular weight excluding hydrogens is 280 g/mol. The van der Waals surface area contributed by atoms with Gasteiger partial charge < -0.3 is 14.6 Å². The molecule has 0 unspecified atom stereocenters. The Morgan fingerprint density at radius 3 is 2.50 bits per heavy atom. The summed E-state index contributed by atoms with van der Waals surface area (Å²) in [5, 5.41) is 8.91. The minimum absolute atomic E-state index is 0.264. The van der Waals surface area contributed by atoms with Crippen molar-refractivity contribution in [3.63, 3.8) is 0 Å². The molecule has 0 amide bonds. The topological polar surface area (TPSA) is 55.8 Å². The van der Waals surface area contributed by atoms with E-state index in [2.05, 4.69) is 0 Å². The summed E-state index contributed by atoms with van der Waals surface area (Å²) in [5.74, 6) is 0.253. The Kier molecular flexibility index (Phi) is 5.20. The van der Waals surface area contributed by atoms with Crippen LogP contribution in [0.3, 0.4) is 0 Å². The zero-order chi connectivity index (χ0) is 15.9. The Morgan fingerprint density at radius 2 is 1.86 bits per heavy atom. The molecule has 0 aliphatic heterocycles. The zero-order valence-corrected chi connectivity index (χ0v) is 12.6. The average molecular weight is 298 g/mol. The summed E-state index contributed by atoms with van der Waals surface area (Å²) in [4.78, 5) is 10.9. The van der Waals surface area contributed by atoms with Gasteiger partial charge in [0.1, 0.15) is 6.61 Å². The van der Waals surface area contributed by atoms with E-state index in [0.29, 0.717) is 18.1 Å². The lowest BCUT2D eigenvalue weighted by molar-refractivity contribution is -0.132. The van der Waals surface area contributed by atoms with E-state index in [1.165, 1.54) is 0 Å². The molecule has 0 bridgehead atoms. The van der Waals surface area contributed by atoms with Crippen molar-refractivity contribution >= 4 is 12.0 Å². The monoisotopic (exact) mass is 298 g/mol. The summed E-state index contributed by atoms with van der Waals surface area (Å²) in [5.41, 5.74) is 2.08. The number of carboxylic acid groups (broad SMARTS) is 1. The molecule has 0 aromatic heterocycles. The predicted octanol–water partition coefficient (Wildman–Crippen LogP) is 3.76. The van der Waals surface area contributed by atoms with Crippen LogP contribution in [0.5, 0.6) is 11.5 Å². The van der Waals surface area contributed by atoms with Crippen molar-refractivity contribution in [1.29, 1.82) is 0 Å². The normalized spacial score (nSPS) is 11.1.